The Labute approximate surface area is 144 Å². The molecule has 0 radical (unpaired) electrons. The minimum absolute atomic E-state index is 0.0623. The number of hydrogen-bond acceptors (Lipinski definition) is 4. The molecule has 1 amide bonds. The molecule has 0 aliphatic carbocycles. The van der Waals surface area contributed by atoms with E-state index in [4.69, 9.17) is 0 Å². The van der Waals surface area contributed by atoms with Crippen LogP contribution in [0, 0.1) is 0 Å². The Balaban J connectivity index is 1.41. The van der Waals surface area contributed by atoms with Crippen LogP contribution in [0.25, 0.3) is 0 Å². The molecule has 1 aromatic rings. The summed E-state index contributed by atoms with van der Waals surface area (Å²) in [4.78, 5) is 12.1. The van der Waals surface area contributed by atoms with E-state index in [1.165, 1.54) is 0 Å². The van der Waals surface area contributed by atoms with Crippen LogP contribution in [0.15, 0.2) is 30.3 Å². The average molecular weight is 350 g/mol. The highest BCUT2D eigenvalue weighted by molar-refractivity contribution is 7.92. The molecule has 2 atom stereocenters. The molecular weight excluding hydrogens is 324 g/mol. The lowest BCUT2D eigenvalue weighted by molar-refractivity contribution is -0.119. The van der Waals surface area contributed by atoms with Crippen molar-refractivity contribution in [3.8, 4) is 0 Å². The lowest BCUT2D eigenvalue weighted by Gasteiger charge is -2.29. The first kappa shape index (κ1) is 17.4. The lowest BCUT2D eigenvalue weighted by Crippen LogP contribution is -2.49. The van der Waals surface area contributed by atoms with Gasteiger partial charge in [-0.15, -0.1) is 0 Å². The van der Waals surface area contributed by atoms with Gasteiger partial charge in [-0.3, -0.25) is 4.79 Å². The van der Waals surface area contributed by atoms with Gasteiger partial charge in [0.2, 0.25) is 5.91 Å². The van der Waals surface area contributed by atoms with Crippen molar-refractivity contribution < 1.29 is 13.2 Å². The van der Waals surface area contributed by atoms with Gasteiger partial charge in [0.1, 0.15) is 5.75 Å². The van der Waals surface area contributed by atoms with E-state index in [0.29, 0.717) is 18.5 Å². The zero-order chi connectivity index (χ0) is 17.0. The Morgan fingerprint density at radius 3 is 2.46 bits per heavy atom. The number of rotatable bonds is 7. The van der Waals surface area contributed by atoms with Crippen LogP contribution in [-0.4, -0.2) is 44.0 Å². The van der Waals surface area contributed by atoms with Crippen LogP contribution < -0.4 is 10.6 Å². The molecule has 1 aromatic carbocycles. The molecule has 2 unspecified atom stereocenters. The number of aryl methyl sites for hydroxylation is 1. The van der Waals surface area contributed by atoms with E-state index in [1.807, 2.05) is 30.3 Å². The van der Waals surface area contributed by atoms with Gasteiger partial charge in [-0.2, -0.15) is 0 Å². The van der Waals surface area contributed by atoms with Crippen LogP contribution in [0.4, 0.5) is 0 Å². The molecular formula is C18H26N2O3S. The Morgan fingerprint density at radius 2 is 1.79 bits per heavy atom. The number of carbonyl (C=O) groups is 1. The van der Waals surface area contributed by atoms with Crippen molar-refractivity contribution in [1.82, 2.24) is 10.6 Å². The summed E-state index contributed by atoms with van der Waals surface area (Å²) in [6, 6.07) is 10.9. The predicted molar refractivity (Wildman–Crippen MR) is 94.5 cm³/mol. The lowest BCUT2D eigenvalue weighted by atomic mass is 10.00. The molecule has 2 saturated heterocycles. The van der Waals surface area contributed by atoms with Crippen LogP contribution >= 0.6 is 0 Å². The standard InChI is InChI=1S/C18H26N2O3S/c21-18(20-17-11-15-8-9-16(12-17)19-15)13-24(22,23)10-4-7-14-5-2-1-3-6-14/h1-3,5-6,15-17,19H,4,7-13H2,(H,20,21). The summed E-state index contributed by atoms with van der Waals surface area (Å²) in [5.41, 5.74) is 1.13. The van der Waals surface area contributed by atoms with Gasteiger partial charge in [-0.1, -0.05) is 30.3 Å². The normalized spacial score (nSPS) is 26.2. The van der Waals surface area contributed by atoms with Crippen LogP contribution in [0.3, 0.4) is 0 Å². The molecule has 0 saturated carbocycles. The second-order valence-electron chi connectivity index (χ2n) is 7.05. The smallest absolute Gasteiger partial charge is 0.235 e. The van der Waals surface area contributed by atoms with Crippen molar-refractivity contribution in [3.63, 3.8) is 0 Å². The average Bonchev–Trinajstić information content (AvgIpc) is 2.86. The van der Waals surface area contributed by atoms with Gasteiger partial charge in [0.25, 0.3) is 0 Å². The van der Waals surface area contributed by atoms with Gasteiger partial charge < -0.3 is 10.6 Å². The molecule has 6 heteroatoms. The van der Waals surface area contributed by atoms with Crippen molar-refractivity contribution >= 4 is 15.7 Å². The first-order valence-corrected chi connectivity index (χ1v) is 10.6. The monoisotopic (exact) mass is 350 g/mol. The molecule has 2 heterocycles. The van der Waals surface area contributed by atoms with Crippen molar-refractivity contribution in [2.75, 3.05) is 11.5 Å². The summed E-state index contributed by atoms with van der Waals surface area (Å²) in [5, 5.41) is 6.44. The first-order valence-electron chi connectivity index (χ1n) is 8.80. The fourth-order valence-electron chi connectivity index (χ4n) is 3.86. The zero-order valence-corrected chi connectivity index (χ0v) is 14.7. The van der Waals surface area contributed by atoms with Crippen molar-refractivity contribution in [2.45, 2.75) is 56.7 Å². The summed E-state index contributed by atoms with van der Waals surface area (Å²) in [6.45, 7) is 0. The maximum Gasteiger partial charge on any atom is 0.235 e. The highest BCUT2D eigenvalue weighted by Crippen LogP contribution is 2.26. The maximum atomic E-state index is 12.1. The number of nitrogens with one attached hydrogen (secondary N) is 2. The maximum absolute atomic E-state index is 12.1. The molecule has 2 bridgehead atoms. The Morgan fingerprint density at radius 1 is 1.12 bits per heavy atom. The zero-order valence-electron chi connectivity index (χ0n) is 13.9. The highest BCUT2D eigenvalue weighted by atomic mass is 32.2. The Bertz CT molecular complexity index is 648. The number of piperidine rings is 1. The molecule has 2 fully saturated rings. The van der Waals surface area contributed by atoms with E-state index in [9.17, 15) is 13.2 Å². The molecule has 2 N–H and O–H groups in total. The van der Waals surface area contributed by atoms with Gasteiger partial charge >= 0.3 is 0 Å². The third-order valence-corrected chi connectivity index (χ3v) is 6.57. The number of carbonyl (C=O) groups excluding carboxylic acids is 1. The first-order chi connectivity index (χ1) is 11.5. The molecule has 24 heavy (non-hydrogen) atoms. The Hall–Kier alpha value is -1.40. The van der Waals surface area contributed by atoms with Crippen molar-refractivity contribution in [3.05, 3.63) is 35.9 Å². The summed E-state index contributed by atoms with van der Waals surface area (Å²) in [7, 11) is -3.34. The molecule has 3 rings (SSSR count). The van der Waals surface area contributed by atoms with E-state index in [2.05, 4.69) is 10.6 Å². The van der Waals surface area contributed by atoms with E-state index in [1.54, 1.807) is 0 Å². The van der Waals surface area contributed by atoms with Crippen LogP contribution in [0.5, 0.6) is 0 Å². The number of sulfone groups is 1. The summed E-state index contributed by atoms with van der Waals surface area (Å²) in [5.74, 6) is -0.672. The third-order valence-electron chi connectivity index (χ3n) is 4.95. The summed E-state index contributed by atoms with van der Waals surface area (Å²) < 4.78 is 24.3. The van der Waals surface area contributed by atoms with Gasteiger partial charge in [0.05, 0.1) is 5.75 Å². The van der Waals surface area contributed by atoms with E-state index in [-0.39, 0.29) is 23.5 Å². The number of amides is 1. The predicted octanol–water partition coefficient (Wildman–Crippen LogP) is 1.43. The summed E-state index contributed by atoms with van der Waals surface area (Å²) in [6.07, 6.45) is 5.42. The second-order valence-corrected chi connectivity index (χ2v) is 9.24. The van der Waals surface area contributed by atoms with Gasteiger partial charge in [-0.25, -0.2) is 8.42 Å². The number of fused-ring (bicyclic) bond motifs is 2. The van der Waals surface area contributed by atoms with Crippen molar-refractivity contribution in [1.29, 1.82) is 0 Å². The largest absolute Gasteiger partial charge is 0.352 e. The van der Waals surface area contributed by atoms with Crippen LogP contribution in [0.1, 0.15) is 37.7 Å². The minimum atomic E-state index is -3.34. The molecule has 0 spiro atoms. The minimum Gasteiger partial charge on any atom is -0.352 e. The fraction of sp³-hybridized carbons (Fsp3) is 0.611. The molecule has 0 aromatic heterocycles. The summed E-state index contributed by atoms with van der Waals surface area (Å²) >= 11 is 0. The number of benzene rings is 1. The second kappa shape index (κ2) is 7.66. The molecule has 2 aliphatic rings. The Kier molecular flexibility index (Phi) is 5.56. The van der Waals surface area contributed by atoms with Gasteiger partial charge in [-0.05, 0) is 44.1 Å². The van der Waals surface area contributed by atoms with Crippen LogP contribution in [0.2, 0.25) is 0 Å². The van der Waals surface area contributed by atoms with Crippen molar-refractivity contribution in [2.24, 2.45) is 0 Å². The quantitative estimate of drug-likeness (QED) is 0.780. The third kappa shape index (κ3) is 5.05. The highest BCUT2D eigenvalue weighted by Gasteiger charge is 2.34. The topological polar surface area (TPSA) is 75.3 Å². The van der Waals surface area contributed by atoms with E-state index >= 15 is 0 Å². The number of hydrogen-bond donors (Lipinski definition) is 2. The van der Waals surface area contributed by atoms with Gasteiger partial charge in [0.15, 0.2) is 9.84 Å². The van der Waals surface area contributed by atoms with E-state index in [0.717, 1.165) is 37.7 Å². The molecule has 132 valence electrons. The van der Waals surface area contributed by atoms with Gasteiger partial charge in [0, 0.05) is 18.1 Å². The van der Waals surface area contributed by atoms with E-state index < -0.39 is 9.84 Å². The SMILES string of the molecule is O=C(CS(=O)(=O)CCCc1ccccc1)NC1CC2CCC(C1)N2. The van der Waals surface area contributed by atoms with Crippen LogP contribution in [-0.2, 0) is 21.1 Å². The molecule has 2 aliphatic heterocycles. The fourth-order valence-corrected chi connectivity index (χ4v) is 5.07. The molecule has 5 nitrogen and oxygen atoms in total.